The van der Waals surface area contributed by atoms with Gasteiger partial charge in [0.25, 0.3) is 0 Å². The predicted molar refractivity (Wildman–Crippen MR) is 81.1 cm³/mol. The average Bonchev–Trinajstić information content (AvgIpc) is 2.78. The highest BCUT2D eigenvalue weighted by Gasteiger charge is 2.14. The fourth-order valence-electron chi connectivity index (χ4n) is 2.44. The summed E-state index contributed by atoms with van der Waals surface area (Å²) in [4.78, 5) is 3.29. The number of aryl methyl sites for hydroxylation is 2. The van der Waals surface area contributed by atoms with Gasteiger partial charge in [-0.3, -0.25) is 0 Å². The first-order valence-corrected chi connectivity index (χ1v) is 6.76. The Bertz CT molecular complexity index is 675. The number of H-pyrrole nitrogens is 1. The van der Waals surface area contributed by atoms with Crippen LogP contribution in [0.3, 0.4) is 0 Å². The highest BCUT2D eigenvalue weighted by Crippen LogP contribution is 2.34. The SMILES string of the molecule is COc1cc(C)c(-c2cc(C#N)c(C)[nH]2)cc1C(C)C. The van der Waals surface area contributed by atoms with Crippen LogP contribution >= 0.6 is 0 Å². The van der Waals surface area contributed by atoms with Crippen LogP contribution < -0.4 is 4.74 Å². The second-order valence-electron chi connectivity index (χ2n) is 5.40. The van der Waals surface area contributed by atoms with E-state index in [0.717, 1.165) is 28.3 Å². The first-order chi connectivity index (χ1) is 9.47. The number of nitrogens with zero attached hydrogens (tertiary/aromatic N) is 1. The molecular formula is C17H20N2O. The van der Waals surface area contributed by atoms with Crippen molar-refractivity contribution in [1.29, 1.82) is 5.26 Å². The number of benzene rings is 1. The zero-order valence-electron chi connectivity index (χ0n) is 12.7. The normalized spacial score (nSPS) is 10.7. The predicted octanol–water partition coefficient (Wildman–Crippen LogP) is 4.30. The first kappa shape index (κ1) is 14.2. The van der Waals surface area contributed by atoms with Crippen LogP contribution in [0.4, 0.5) is 0 Å². The quantitative estimate of drug-likeness (QED) is 0.902. The molecule has 20 heavy (non-hydrogen) atoms. The summed E-state index contributed by atoms with van der Waals surface area (Å²) in [6.07, 6.45) is 0. The topological polar surface area (TPSA) is 48.8 Å². The van der Waals surface area contributed by atoms with Crippen LogP contribution in [0.5, 0.6) is 5.75 Å². The molecule has 0 atom stereocenters. The standard InChI is InChI=1S/C17H20N2O/c1-10(2)14-8-15(11(3)6-17(14)20-5)16-7-13(9-18)12(4)19-16/h6-8,10,19H,1-5H3. The van der Waals surface area contributed by atoms with Crippen LogP contribution in [0.1, 0.15) is 42.1 Å². The Morgan fingerprint density at radius 3 is 2.40 bits per heavy atom. The second-order valence-corrected chi connectivity index (χ2v) is 5.40. The molecule has 1 aromatic heterocycles. The van der Waals surface area contributed by atoms with Crippen molar-refractivity contribution in [3.05, 3.63) is 40.6 Å². The monoisotopic (exact) mass is 268 g/mol. The van der Waals surface area contributed by atoms with E-state index in [9.17, 15) is 0 Å². The summed E-state index contributed by atoms with van der Waals surface area (Å²) in [5, 5.41) is 9.08. The second kappa shape index (κ2) is 5.42. The van der Waals surface area contributed by atoms with Gasteiger partial charge in [-0.2, -0.15) is 5.26 Å². The molecule has 0 unspecified atom stereocenters. The Morgan fingerprint density at radius 2 is 1.90 bits per heavy atom. The van der Waals surface area contributed by atoms with E-state index in [2.05, 4.69) is 44.0 Å². The van der Waals surface area contributed by atoms with Crippen molar-refractivity contribution >= 4 is 0 Å². The third-order valence-corrected chi connectivity index (χ3v) is 3.62. The van der Waals surface area contributed by atoms with Gasteiger partial charge in [-0.25, -0.2) is 0 Å². The molecule has 0 saturated heterocycles. The van der Waals surface area contributed by atoms with Crippen molar-refractivity contribution in [3.8, 4) is 23.1 Å². The number of nitriles is 1. The minimum absolute atomic E-state index is 0.385. The number of hydrogen-bond donors (Lipinski definition) is 1. The number of nitrogens with one attached hydrogen (secondary N) is 1. The maximum atomic E-state index is 9.08. The molecule has 0 amide bonds. The van der Waals surface area contributed by atoms with Crippen molar-refractivity contribution in [2.24, 2.45) is 0 Å². The van der Waals surface area contributed by atoms with Gasteiger partial charge >= 0.3 is 0 Å². The Morgan fingerprint density at radius 1 is 1.20 bits per heavy atom. The van der Waals surface area contributed by atoms with E-state index < -0.39 is 0 Å². The number of methoxy groups -OCH3 is 1. The molecule has 0 bridgehead atoms. The summed E-state index contributed by atoms with van der Waals surface area (Å²) < 4.78 is 5.47. The largest absolute Gasteiger partial charge is 0.496 e. The molecule has 3 heteroatoms. The van der Waals surface area contributed by atoms with Crippen LogP contribution in [0.25, 0.3) is 11.3 Å². The van der Waals surface area contributed by atoms with E-state index in [-0.39, 0.29) is 0 Å². The van der Waals surface area contributed by atoms with Gasteiger partial charge in [0.1, 0.15) is 11.8 Å². The maximum absolute atomic E-state index is 9.08. The van der Waals surface area contributed by atoms with Crippen molar-refractivity contribution < 1.29 is 4.74 Å². The molecule has 0 saturated carbocycles. The van der Waals surface area contributed by atoms with Gasteiger partial charge in [0, 0.05) is 17.0 Å². The first-order valence-electron chi connectivity index (χ1n) is 6.76. The third-order valence-electron chi connectivity index (χ3n) is 3.62. The zero-order valence-corrected chi connectivity index (χ0v) is 12.7. The maximum Gasteiger partial charge on any atom is 0.122 e. The fraction of sp³-hybridized carbons (Fsp3) is 0.353. The highest BCUT2D eigenvalue weighted by molar-refractivity contribution is 5.69. The van der Waals surface area contributed by atoms with Gasteiger partial charge in [0.2, 0.25) is 0 Å². The average molecular weight is 268 g/mol. The van der Waals surface area contributed by atoms with Gasteiger partial charge in [-0.1, -0.05) is 13.8 Å². The van der Waals surface area contributed by atoms with Gasteiger partial charge < -0.3 is 9.72 Å². The van der Waals surface area contributed by atoms with Gasteiger partial charge in [0.05, 0.1) is 12.7 Å². The van der Waals surface area contributed by atoms with E-state index in [4.69, 9.17) is 10.00 Å². The minimum Gasteiger partial charge on any atom is -0.496 e. The van der Waals surface area contributed by atoms with E-state index >= 15 is 0 Å². The molecule has 2 rings (SSSR count). The Hall–Kier alpha value is -2.21. The van der Waals surface area contributed by atoms with Crippen molar-refractivity contribution in [2.45, 2.75) is 33.6 Å². The lowest BCUT2D eigenvalue weighted by Gasteiger charge is -2.15. The Balaban J connectivity index is 2.62. The molecule has 0 aliphatic carbocycles. The van der Waals surface area contributed by atoms with Gasteiger partial charge in [0.15, 0.2) is 0 Å². The number of hydrogen-bond acceptors (Lipinski definition) is 2. The van der Waals surface area contributed by atoms with Crippen molar-refractivity contribution in [2.75, 3.05) is 7.11 Å². The molecule has 0 radical (unpaired) electrons. The lowest BCUT2D eigenvalue weighted by molar-refractivity contribution is 0.407. The van der Waals surface area contributed by atoms with E-state index in [0.29, 0.717) is 11.5 Å². The van der Waals surface area contributed by atoms with Crippen molar-refractivity contribution in [1.82, 2.24) is 4.98 Å². The van der Waals surface area contributed by atoms with Crippen LogP contribution in [0.15, 0.2) is 18.2 Å². The molecule has 104 valence electrons. The number of rotatable bonds is 3. The molecule has 0 aliphatic heterocycles. The smallest absolute Gasteiger partial charge is 0.122 e. The molecule has 2 aromatic rings. The van der Waals surface area contributed by atoms with E-state index in [1.54, 1.807) is 7.11 Å². The van der Waals surface area contributed by atoms with Crippen molar-refractivity contribution in [3.63, 3.8) is 0 Å². The summed E-state index contributed by atoms with van der Waals surface area (Å²) >= 11 is 0. The van der Waals surface area contributed by atoms with Crippen LogP contribution in [0.2, 0.25) is 0 Å². The van der Waals surface area contributed by atoms with Crippen LogP contribution in [-0.2, 0) is 0 Å². The molecule has 1 N–H and O–H groups in total. The Labute approximate surface area is 120 Å². The summed E-state index contributed by atoms with van der Waals surface area (Å²) in [5.74, 6) is 1.31. The molecule has 0 spiro atoms. The lowest BCUT2D eigenvalue weighted by Crippen LogP contribution is -1.97. The summed E-state index contributed by atoms with van der Waals surface area (Å²) in [5.41, 5.74) is 6.03. The molecule has 0 fully saturated rings. The van der Waals surface area contributed by atoms with E-state index in [1.165, 1.54) is 5.56 Å². The molecule has 3 nitrogen and oxygen atoms in total. The van der Waals surface area contributed by atoms with Crippen LogP contribution in [0, 0.1) is 25.2 Å². The third kappa shape index (κ3) is 2.42. The Kier molecular flexibility index (Phi) is 3.85. The lowest BCUT2D eigenvalue weighted by atomic mass is 9.95. The number of aromatic nitrogens is 1. The molecule has 1 heterocycles. The molecule has 1 aromatic carbocycles. The van der Waals surface area contributed by atoms with Gasteiger partial charge in [-0.15, -0.1) is 0 Å². The summed E-state index contributed by atoms with van der Waals surface area (Å²) in [7, 11) is 1.70. The number of ether oxygens (including phenoxy) is 1. The van der Waals surface area contributed by atoms with Gasteiger partial charge in [-0.05, 0) is 49.1 Å². The minimum atomic E-state index is 0.385. The van der Waals surface area contributed by atoms with Crippen LogP contribution in [-0.4, -0.2) is 12.1 Å². The van der Waals surface area contributed by atoms with E-state index in [1.807, 2.05) is 13.0 Å². The zero-order chi connectivity index (χ0) is 14.9. The fourth-order valence-corrected chi connectivity index (χ4v) is 2.44. The highest BCUT2D eigenvalue weighted by atomic mass is 16.5. The summed E-state index contributed by atoms with van der Waals surface area (Å²) in [6.45, 7) is 8.28. The summed E-state index contributed by atoms with van der Waals surface area (Å²) in [6, 6.07) is 8.34. The number of aromatic amines is 1. The molecule has 0 aliphatic rings. The molecular weight excluding hydrogens is 248 g/mol.